The molecule has 0 aliphatic carbocycles. The molecule has 6 heteroatoms. The van der Waals surface area contributed by atoms with E-state index in [-0.39, 0.29) is 17.6 Å². The number of nitrogens with zero attached hydrogens (tertiary/aromatic N) is 2. The fourth-order valence-electron chi connectivity index (χ4n) is 2.38. The molecule has 0 atom stereocenters. The van der Waals surface area contributed by atoms with Crippen LogP contribution in [0, 0.1) is 0 Å². The van der Waals surface area contributed by atoms with Crippen molar-refractivity contribution in [3.05, 3.63) is 71.4 Å². The van der Waals surface area contributed by atoms with Crippen LogP contribution in [0.5, 0.6) is 0 Å². The van der Waals surface area contributed by atoms with Gasteiger partial charge in [0, 0.05) is 28.4 Å². The number of amides is 1. The van der Waals surface area contributed by atoms with Crippen molar-refractivity contribution in [1.29, 1.82) is 0 Å². The van der Waals surface area contributed by atoms with Gasteiger partial charge in [0.15, 0.2) is 5.82 Å². The molecule has 0 aliphatic heterocycles. The van der Waals surface area contributed by atoms with Crippen LogP contribution in [-0.2, 0) is 0 Å². The van der Waals surface area contributed by atoms with Gasteiger partial charge in [-0.2, -0.15) is 0 Å². The van der Waals surface area contributed by atoms with E-state index in [4.69, 9.17) is 11.6 Å². The van der Waals surface area contributed by atoms with E-state index in [1.807, 2.05) is 44.2 Å². The number of benzene rings is 2. The number of halogens is 1. The fraction of sp³-hybridized carbons (Fsp3) is 0.150. The predicted octanol–water partition coefficient (Wildman–Crippen LogP) is 4.87. The monoisotopic (exact) mass is 366 g/mol. The Morgan fingerprint density at radius 1 is 1.00 bits per heavy atom. The van der Waals surface area contributed by atoms with Gasteiger partial charge < -0.3 is 10.6 Å². The zero-order chi connectivity index (χ0) is 18.5. The van der Waals surface area contributed by atoms with Gasteiger partial charge in [-0.15, -0.1) is 0 Å². The van der Waals surface area contributed by atoms with Crippen LogP contribution in [0.1, 0.15) is 24.3 Å². The number of carbonyl (C=O) groups excluding carboxylic acids is 1. The Morgan fingerprint density at radius 3 is 2.35 bits per heavy atom. The molecule has 0 saturated carbocycles. The molecule has 1 amide bonds. The van der Waals surface area contributed by atoms with Crippen molar-refractivity contribution in [3.63, 3.8) is 0 Å². The Labute approximate surface area is 157 Å². The molecular weight excluding hydrogens is 348 g/mol. The fourth-order valence-corrected chi connectivity index (χ4v) is 2.50. The highest BCUT2D eigenvalue weighted by molar-refractivity contribution is 6.30. The van der Waals surface area contributed by atoms with Crippen LogP contribution in [0.4, 0.5) is 11.5 Å². The number of hydrogen-bond acceptors (Lipinski definition) is 4. The molecule has 132 valence electrons. The average molecular weight is 367 g/mol. The van der Waals surface area contributed by atoms with Crippen molar-refractivity contribution in [3.8, 4) is 11.4 Å². The van der Waals surface area contributed by atoms with Crippen molar-refractivity contribution < 1.29 is 4.79 Å². The van der Waals surface area contributed by atoms with Crippen LogP contribution in [0.15, 0.2) is 60.7 Å². The molecule has 2 aromatic carbocycles. The molecule has 0 bridgehead atoms. The summed E-state index contributed by atoms with van der Waals surface area (Å²) in [5.41, 5.74) is 1.79. The first-order valence-electron chi connectivity index (χ1n) is 8.29. The zero-order valence-corrected chi connectivity index (χ0v) is 15.3. The molecule has 5 nitrogen and oxygen atoms in total. The van der Waals surface area contributed by atoms with E-state index in [0.29, 0.717) is 22.4 Å². The second-order valence-electron chi connectivity index (χ2n) is 6.09. The molecule has 3 rings (SSSR count). The maximum atomic E-state index is 12.7. The highest BCUT2D eigenvalue weighted by Gasteiger charge is 2.14. The first-order chi connectivity index (χ1) is 12.5. The number of carbonyl (C=O) groups is 1. The number of aromatic nitrogens is 2. The summed E-state index contributed by atoms with van der Waals surface area (Å²) in [7, 11) is 0. The third kappa shape index (κ3) is 4.58. The van der Waals surface area contributed by atoms with E-state index in [1.165, 1.54) is 0 Å². The van der Waals surface area contributed by atoms with Gasteiger partial charge in [0.1, 0.15) is 11.5 Å². The highest BCUT2D eigenvalue weighted by Crippen LogP contribution is 2.20. The number of rotatable bonds is 5. The minimum atomic E-state index is -0.307. The summed E-state index contributed by atoms with van der Waals surface area (Å²) in [5, 5.41) is 6.67. The molecule has 0 unspecified atom stereocenters. The Balaban J connectivity index is 1.94. The summed E-state index contributed by atoms with van der Waals surface area (Å²) in [5.74, 6) is 0.798. The molecule has 0 saturated heterocycles. The van der Waals surface area contributed by atoms with E-state index in [1.54, 1.807) is 30.3 Å². The SMILES string of the molecule is CC(C)Nc1cc(C(=O)Nc2ccc(Cl)cc2)nc(-c2ccccc2)n1. The highest BCUT2D eigenvalue weighted by atomic mass is 35.5. The zero-order valence-electron chi connectivity index (χ0n) is 14.5. The summed E-state index contributed by atoms with van der Waals surface area (Å²) < 4.78 is 0. The maximum Gasteiger partial charge on any atom is 0.274 e. The summed E-state index contributed by atoms with van der Waals surface area (Å²) >= 11 is 5.88. The Kier molecular flexibility index (Phi) is 5.49. The Morgan fingerprint density at radius 2 is 1.69 bits per heavy atom. The van der Waals surface area contributed by atoms with Crippen molar-refractivity contribution in [2.24, 2.45) is 0 Å². The number of hydrogen-bond donors (Lipinski definition) is 2. The molecular formula is C20H19ClN4O. The van der Waals surface area contributed by atoms with Crippen LogP contribution in [0.2, 0.25) is 5.02 Å². The van der Waals surface area contributed by atoms with Gasteiger partial charge >= 0.3 is 0 Å². The van der Waals surface area contributed by atoms with Gasteiger partial charge in [-0.05, 0) is 38.1 Å². The molecule has 2 N–H and O–H groups in total. The lowest BCUT2D eigenvalue weighted by atomic mass is 10.2. The first kappa shape index (κ1) is 17.9. The topological polar surface area (TPSA) is 66.9 Å². The van der Waals surface area contributed by atoms with Crippen LogP contribution >= 0.6 is 11.6 Å². The minimum Gasteiger partial charge on any atom is -0.368 e. The lowest BCUT2D eigenvalue weighted by Gasteiger charge is -2.12. The van der Waals surface area contributed by atoms with E-state index in [2.05, 4.69) is 20.6 Å². The van der Waals surface area contributed by atoms with E-state index in [9.17, 15) is 4.79 Å². The third-order valence-electron chi connectivity index (χ3n) is 3.53. The summed E-state index contributed by atoms with van der Waals surface area (Å²) in [6, 6.07) is 18.3. The Hall–Kier alpha value is -2.92. The molecule has 26 heavy (non-hydrogen) atoms. The standard InChI is InChI=1S/C20H19ClN4O/c1-13(2)22-18-12-17(20(26)23-16-10-8-15(21)9-11-16)24-19(25-18)14-6-4-3-5-7-14/h3-13H,1-2H3,(H,23,26)(H,22,24,25). The van der Waals surface area contributed by atoms with Crippen molar-refractivity contribution in [1.82, 2.24) is 9.97 Å². The van der Waals surface area contributed by atoms with E-state index in [0.717, 1.165) is 5.56 Å². The third-order valence-corrected chi connectivity index (χ3v) is 3.78. The lowest BCUT2D eigenvalue weighted by Crippen LogP contribution is -2.17. The predicted molar refractivity (Wildman–Crippen MR) is 106 cm³/mol. The molecule has 0 spiro atoms. The molecule has 3 aromatic rings. The first-order valence-corrected chi connectivity index (χ1v) is 8.67. The van der Waals surface area contributed by atoms with Crippen LogP contribution in [0.25, 0.3) is 11.4 Å². The number of anilines is 2. The van der Waals surface area contributed by atoms with Gasteiger partial charge in [0.2, 0.25) is 0 Å². The summed E-state index contributed by atoms with van der Waals surface area (Å²) in [4.78, 5) is 21.6. The Bertz CT molecular complexity index is 895. The van der Waals surface area contributed by atoms with Crippen molar-refractivity contribution in [2.45, 2.75) is 19.9 Å². The normalized spacial score (nSPS) is 10.6. The molecule has 0 radical (unpaired) electrons. The van der Waals surface area contributed by atoms with Gasteiger partial charge in [-0.25, -0.2) is 9.97 Å². The summed E-state index contributed by atoms with van der Waals surface area (Å²) in [6.45, 7) is 4.02. The second-order valence-corrected chi connectivity index (χ2v) is 6.52. The van der Waals surface area contributed by atoms with Crippen LogP contribution in [0.3, 0.4) is 0 Å². The van der Waals surface area contributed by atoms with Crippen LogP contribution < -0.4 is 10.6 Å². The van der Waals surface area contributed by atoms with Crippen molar-refractivity contribution in [2.75, 3.05) is 10.6 Å². The number of nitrogens with one attached hydrogen (secondary N) is 2. The van der Waals surface area contributed by atoms with Gasteiger partial charge in [0.05, 0.1) is 0 Å². The average Bonchev–Trinajstić information content (AvgIpc) is 2.63. The molecule has 0 fully saturated rings. The largest absolute Gasteiger partial charge is 0.368 e. The summed E-state index contributed by atoms with van der Waals surface area (Å²) in [6.07, 6.45) is 0. The molecule has 1 heterocycles. The van der Waals surface area contributed by atoms with Gasteiger partial charge in [0.25, 0.3) is 5.91 Å². The lowest BCUT2D eigenvalue weighted by molar-refractivity contribution is 0.102. The minimum absolute atomic E-state index is 0.181. The smallest absolute Gasteiger partial charge is 0.274 e. The van der Waals surface area contributed by atoms with E-state index < -0.39 is 0 Å². The van der Waals surface area contributed by atoms with E-state index >= 15 is 0 Å². The molecule has 0 aliphatic rings. The van der Waals surface area contributed by atoms with Gasteiger partial charge in [-0.3, -0.25) is 4.79 Å². The van der Waals surface area contributed by atoms with Gasteiger partial charge in [-0.1, -0.05) is 41.9 Å². The van der Waals surface area contributed by atoms with Crippen molar-refractivity contribution >= 4 is 29.0 Å². The maximum absolute atomic E-state index is 12.7. The van der Waals surface area contributed by atoms with Crippen LogP contribution in [-0.4, -0.2) is 21.9 Å². The molecule has 1 aromatic heterocycles. The quantitative estimate of drug-likeness (QED) is 0.676. The second kappa shape index (κ2) is 7.97.